The summed E-state index contributed by atoms with van der Waals surface area (Å²) in [6, 6.07) is 3.45. The molecule has 0 aliphatic heterocycles. The van der Waals surface area contributed by atoms with Crippen LogP contribution in [0.3, 0.4) is 0 Å². The Hall–Kier alpha value is -1.29. The Morgan fingerprint density at radius 2 is 2.00 bits per heavy atom. The summed E-state index contributed by atoms with van der Waals surface area (Å²) >= 11 is 1.08. The van der Waals surface area contributed by atoms with Gasteiger partial charge in [-0.3, -0.25) is 4.79 Å². The van der Waals surface area contributed by atoms with Crippen molar-refractivity contribution in [3.8, 4) is 0 Å². The molecule has 0 radical (unpaired) electrons. The molecular formula is C9H4F2OS. The molecule has 13 heavy (non-hydrogen) atoms. The second-order valence-corrected chi connectivity index (χ2v) is 3.68. The van der Waals surface area contributed by atoms with Crippen LogP contribution in [0, 0.1) is 11.6 Å². The van der Waals surface area contributed by atoms with Crippen LogP contribution in [-0.2, 0) is 0 Å². The highest BCUT2D eigenvalue weighted by molar-refractivity contribution is 7.20. The van der Waals surface area contributed by atoms with E-state index in [0.29, 0.717) is 21.2 Å². The summed E-state index contributed by atoms with van der Waals surface area (Å²) in [7, 11) is 0. The largest absolute Gasteiger partial charge is 0.297 e. The van der Waals surface area contributed by atoms with Crippen LogP contribution in [0.1, 0.15) is 9.67 Å². The molecule has 0 aliphatic carbocycles. The van der Waals surface area contributed by atoms with Gasteiger partial charge in [0.05, 0.1) is 4.88 Å². The minimum atomic E-state index is -0.626. The van der Waals surface area contributed by atoms with Gasteiger partial charge in [-0.15, -0.1) is 11.3 Å². The first-order chi connectivity index (χ1) is 6.20. The van der Waals surface area contributed by atoms with E-state index in [1.54, 1.807) is 0 Å². The Kier molecular flexibility index (Phi) is 1.84. The zero-order valence-electron chi connectivity index (χ0n) is 6.38. The molecule has 1 aromatic carbocycles. The number of carbonyl (C=O) groups is 1. The van der Waals surface area contributed by atoms with Crippen molar-refractivity contribution >= 4 is 27.7 Å². The van der Waals surface area contributed by atoms with Crippen LogP contribution < -0.4 is 0 Å². The molecule has 0 N–H and O–H groups in total. The fourth-order valence-electron chi connectivity index (χ4n) is 1.14. The molecule has 1 aromatic heterocycles. The number of fused-ring (bicyclic) bond motifs is 1. The second kappa shape index (κ2) is 2.88. The maximum Gasteiger partial charge on any atom is 0.160 e. The van der Waals surface area contributed by atoms with Gasteiger partial charge in [-0.25, -0.2) is 8.78 Å². The van der Waals surface area contributed by atoms with Gasteiger partial charge in [0.1, 0.15) is 11.6 Å². The molecule has 0 spiro atoms. The van der Waals surface area contributed by atoms with Crippen LogP contribution >= 0.6 is 11.3 Å². The van der Waals surface area contributed by atoms with Crippen molar-refractivity contribution < 1.29 is 13.6 Å². The molecule has 2 rings (SSSR count). The number of benzene rings is 1. The third-order valence-electron chi connectivity index (χ3n) is 1.69. The Morgan fingerprint density at radius 1 is 1.23 bits per heavy atom. The van der Waals surface area contributed by atoms with Crippen LogP contribution in [0.15, 0.2) is 18.2 Å². The zero-order valence-corrected chi connectivity index (χ0v) is 7.20. The summed E-state index contributed by atoms with van der Waals surface area (Å²) < 4.78 is 26.2. The van der Waals surface area contributed by atoms with Crippen molar-refractivity contribution in [1.29, 1.82) is 0 Å². The van der Waals surface area contributed by atoms with Gasteiger partial charge in [0.25, 0.3) is 0 Å². The van der Waals surface area contributed by atoms with Crippen molar-refractivity contribution in [2.75, 3.05) is 0 Å². The van der Waals surface area contributed by atoms with Gasteiger partial charge in [0.2, 0.25) is 0 Å². The first kappa shape index (κ1) is 8.31. The van der Waals surface area contributed by atoms with E-state index in [9.17, 15) is 13.6 Å². The van der Waals surface area contributed by atoms with Crippen molar-refractivity contribution in [3.63, 3.8) is 0 Å². The first-order valence-corrected chi connectivity index (χ1v) is 4.36. The van der Waals surface area contributed by atoms with Crippen LogP contribution in [-0.4, -0.2) is 6.29 Å². The summed E-state index contributed by atoms with van der Waals surface area (Å²) in [5.74, 6) is -1.25. The number of hydrogen-bond acceptors (Lipinski definition) is 2. The molecule has 0 saturated carbocycles. The molecule has 0 aliphatic rings. The first-order valence-electron chi connectivity index (χ1n) is 3.54. The molecule has 1 heterocycles. The van der Waals surface area contributed by atoms with Crippen molar-refractivity contribution in [1.82, 2.24) is 0 Å². The molecule has 0 amide bonds. The maximum absolute atomic E-state index is 13.0. The average Bonchev–Trinajstić information content (AvgIpc) is 2.47. The van der Waals surface area contributed by atoms with E-state index in [1.807, 2.05) is 0 Å². The normalized spacial score (nSPS) is 10.6. The van der Waals surface area contributed by atoms with E-state index in [-0.39, 0.29) is 0 Å². The van der Waals surface area contributed by atoms with Crippen LogP contribution in [0.5, 0.6) is 0 Å². The minimum absolute atomic E-state index is 0.300. The number of aldehydes is 1. The predicted molar refractivity (Wildman–Crippen MR) is 47.1 cm³/mol. The van der Waals surface area contributed by atoms with Gasteiger partial charge in [0.15, 0.2) is 6.29 Å². The number of rotatable bonds is 1. The Balaban J connectivity index is 2.82. The van der Waals surface area contributed by atoms with E-state index in [2.05, 4.69) is 0 Å². The molecular weight excluding hydrogens is 194 g/mol. The summed E-state index contributed by atoms with van der Waals surface area (Å²) in [6.07, 6.45) is 0.627. The van der Waals surface area contributed by atoms with Gasteiger partial charge in [-0.1, -0.05) is 0 Å². The Morgan fingerprint density at radius 3 is 2.69 bits per heavy atom. The number of thiophene rings is 1. The number of hydrogen-bond donors (Lipinski definition) is 0. The van der Waals surface area contributed by atoms with E-state index in [4.69, 9.17) is 0 Å². The van der Waals surface area contributed by atoms with Gasteiger partial charge in [0, 0.05) is 16.2 Å². The average molecular weight is 198 g/mol. The molecule has 66 valence electrons. The zero-order chi connectivity index (χ0) is 9.42. The molecule has 2 aromatic rings. The molecule has 0 unspecified atom stereocenters. The van der Waals surface area contributed by atoms with Gasteiger partial charge in [-0.05, 0) is 12.1 Å². The third kappa shape index (κ3) is 1.33. The van der Waals surface area contributed by atoms with E-state index in [1.165, 1.54) is 12.1 Å². The smallest absolute Gasteiger partial charge is 0.160 e. The lowest BCUT2D eigenvalue weighted by Crippen LogP contribution is -1.77. The lowest BCUT2D eigenvalue weighted by Gasteiger charge is -1.91. The minimum Gasteiger partial charge on any atom is -0.297 e. The lowest BCUT2D eigenvalue weighted by molar-refractivity contribution is 0.112. The Bertz CT molecular complexity index is 476. The maximum atomic E-state index is 13.0. The second-order valence-electron chi connectivity index (χ2n) is 2.57. The SMILES string of the molecule is O=Cc1cc2c(F)cc(F)cc2s1. The van der Waals surface area contributed by atoms with Crippen LogP contribution in [0.25, 0.3) is 10.1 Å². The fraction of sp³-hybridized carbons (Fsp3) is 0. The third-order valence-corrected chi connectivity index (χ3v) is 2.69. The monoisotopic (exact) mass is 198 g/mol. The summed E-state index contributed by atoms with van der Waals surface area (Å²) in [5.41, 5.74) is 0. The summed E-state index contributed by atoms with van der Waals surface area (Å²) in [4.78, 5) is 10.8. The molecule has 0 bridgehead atoms. The van der Waals surface area contributed by atoms with Crippen LogP contribution in [0.4, 0.5) is 8.78 Å². The van der Waals surface area contributed by atoms with Crippen molar-refractivity contribution in [2.24, 2.45) is 0 Å². The topological polar surface area (TPSA) is 17.1 Å². The quantitative estimate of drug-likeness (QED) is 0.644. The highest BCUT2D eigenvalue weighted by Gasteiger charge is 2.07. The van der Waals surface area contributed by atoms with Gasteiger partial charge in [-0.2, -0.15) is 0 Å². The molecule has 0 saturated heterocycles. The van der Waals surface area contributed by atoms with E-state index < -0.39 is 11.6 Å². The molecule has 0 fully saturated rings. The van der Waals surface area contributed by atoms with Crippen molar-refractivity contribution in [2.45, 2.75) is 0 Å². The predicted octanol–water partition coefficient (Wildman–Crippen LogP) is 2.99. The van der Waals surface area contributed by atoms with E-state index >= 15 is 0 Å². The summed E-state index contributed by atoms with van der Waals surface area (Å²) in [6.45, 7) is 0. The number of carbonyl (C=O) groups excluding carboxylic acids is 1. The molecule has 0 atom stereocenters. The standard InChI is InChI=1S/C9H4F2OS/c10-5-1-8(11)7-3-6(4-12)13-9(7)2-5/h1-4H. The van der Waals surface area contributed by atoms with E-state index in [0.717, 1.165) is 17.4 Å². The Labute approximate surface area is 76.6 Å². The fourth-order valence-corrected chi connectivity index (χ4v) is 2.06. The number of halogens is 2. The van der Waals surface area contributed by atoms with Gasteiger partial charge >= 0.3 is 0 Å². The highest BCUT2D eigenvalue weighted by Crippen LogP contribution is 2.27. The van der Waals surface area contributed by atoms with Crippen LogP contribution in [0.2, 0.25) is 0 Å². The summed E-state index contributed by atoms with van der Waals surface area (Å²) in [5, 5.41) is 0.300. The lowest BCUT2D eigenvalue weighted by atomic mass is 10.2. The molecule has 1 nitrogen and oxygen atoms in total. The van der Waals surface area contributed by atoms with Crippen molar-refractivity contribution in [3.05, 3.63) is 34.7 Å². The molecule has 4 heteroatoms. The highest BCUT2D eigenvalue weighted by atomic mass is 32.1. The van der Waals surface area contributed by atoms with Gasteiger partial charge < -0.3 is 0 Å².